The van der Waals surface area contributed by atoms with E-state index in [1.165, 1.54) is 12.1 Å². The lowest BCUT2D eigenvalue weighted by molar-refractivity contribution is -0.159. The molecule has 0 atom stereocenters. The summed E-state index contributed by atoms with van der Waals surface area (Å²) in [4.78, 5) is 37.3. The van der Waals surface area contributed by atoms with E-state index in [1.54, 1.807) is 17.0 Å². The van der Waals surface area contributed by atoms with Crippen LogP contribution in [-0.4, -0.2) is 57.1 Å². The minimum Gasteiger partial charge on any atom is -0.366 e. The van der Waals surface area contributed by atoms with Gasteiger partial charge in [-0.05, 0) is 24.3 Å². The third-order valence-electron chi connectivity index (χ3n) is 5.47. The number of benzene rings is 2. The maximum atomic E-state index is 13.0. The summed E-state index contributed by atoms with van der Waals surface area (Å²) in [5.41, 5.74) is 2.59. The van der Waals surface area contributed by atoms with Gasteiger partial charge in [-0.1, -0.05) is 23.4 Å². The van der Waals surface area contributed by atoms with Crippen LogP contribution in [0.25, 0.3) is 22.4 Å². The number of nitrogens with one attached hydrogen (secondary N) is 2. The number of para-hydroxylation sites is 1. The second kappa shape index (κ2) is 7.80. The molecule has 4 aromatic rings. The lowest BCUT2D eigenvalue weighted by Gasteiger charge is -2.36. The first-order valence-corrected chi connectivity index (χ1v) is 10.1. The third-order valence-corrected chi connectivity index (χ3v) is 5.47. The highest BCUT2D eigenvalue weighted by Gasteiger charge is 2.38. The van der Waals surface area contributed by atoms with Gasteiger partial charge in [0.05, 0.1) is 16.7 Å². The van der Waals surface area contributed by atoms with Crippen LogP contribution in [0.4, 0.5) is 18.9 Å². The predicted octanol–water partition coefficient (Wildman–Crippen LogP) is 2.89. The summed E-state index contributed by atoms with van der Waals surface area (Å²) in [6, 6.07) is 11.7. The van der Waals surface area contributed by atoms with Crippen molar-refractivity contribution in [2.24, 2.45) is 0 Å². The Kier molecular flexibility index (Phi) is 4.91. The van der Waals surface area contributed by atoms with Crippen LogP contribution in [-0.2, 0) is 6.18 Å². The Hall–Kier alpha value is -4.09. The van der Waals surface area contributed by atoms with E-state index < -0.39 is 12.1 Å². The minimum absolute atomic E-state index is 0.240. The molecule has 12 heteroatoms. The maximum absolute atomic E-state index is 13.0. The Bertz CT molecular complexity index is 1380. The normalized spacial score (nSPS) is 14.8. The molecule has 1 fully saturated rings. The summed E-state index contributed by atoms with van der Waals surface area (Å²) in [7, 11) is 0. The Morgan fingerprint density at radius 3 is 2.52 bits per heavy atom. The van der Waals surface area contributed by atoms with Crippen LogP contribution in [0.5, 0.6) is 0 Å². The molecule has 5 rings (SSSR count). The van der Waals surface area contributed by atoms with Gasteiger partial charge >= 0.3 is 17.8 Å². The van der Waals surface area contributed by atoms with Crippen LogP contribution < -0.4 is 10.6 Å². The predicted molar refractivity (Wildman–Crippen MR) is 112 cm³/mol. The fourth-order valence-corrected chi connectivity index (χ4v) is 3.89. The number of halogens is 3. The highest BCUT2D eigenvalue weighted by atomic mass is 19.4. The van der Waals surface area contributed by atoms with E-state index in [4.69, 9.17) is 0 Å². The summed E-state index contributed by atoms with van der Waals surface area (Å²) in [6.07, 6.45) is -4.74. The van der Waals surface area contributed by atoms with Crippen molar-refractivity contribution in [3.05, 3.63) is 64.4 Å². The average molecular weight is 458 g/mol. The number of amides is 1. The van der Waals surface area contributed by atoms with Crippen molar-refractivity contribution in [1.29, 1.82) is 0 Å². The Morgan fingerprint density at radius 1 is 1.03 bits per heavy atom. The summed E-state index contributed by atoms with van der Waals surface area (Å²) in [6.45, 7) is 1.98. The SMILES string of the molecule is O=C(c1cccc(-c2noc(C(F)(F)F)n2)c1)N1CCN(c2cccc3[nH]c(=O)[nH]c23)CC1. The van der Waals surface area contributed by atoms with Crippen LogP contribution in [0.3, 0.4) is 0 Å². The van der Waals surface area contributed by atoms with Gasteiger partial charge in [-0.2, -0.15) is 18.2 Å². The number of hydrogen-bond donors (Lipinski definition) is 2. The smallest absolute Gasteiger partial charge is 0.366 e. The first-order valence-electron chi connectivity index (χ1n) is 10.1. The number of fused-ring (bicyclic) bond motifs is 1. The van der Waals surface area contributed by atoms with Crippen LogP contribution in [0.2, 0.25) is 0 Å². The van der Waals surface area contributed by atoms with Gasteiger partial charge in [-0.15, -0.1) is 0 Å². The molecule has 33 heavy (non-hydrogen) atoms. The number of carbonyl (C=O) groups is 1. The standard InChI is InChI=1S/C21H17F3N6O3/c22-21(23,24)19-27-17(28-33-19)12-3-1-4-13(11-12)18(31)30-9-7-29(8-10-30)15-6-2-5-14-16(15)26-20(32)25-14/h1-6,11H,7-10H2,(H2,25,26,32). The van der Waals surface area contributed by atoms with Gasteiger partial charge in [0.15, 0.2) is 0 Å². The molecule has 0 bridgehead atoms. The fourth-order valence-electron chi connectivity index (χ4n) is 3.89. The molecule has 2 aromatic heterocycles. The second-order valence-electron chi connectivity index (χ2n) is 7.56. The number of H-pyrrole nitrogens is 2. The van der Waals surface area contributed by atoms with Crippen molar-refractivity contribution >= 4 is 22.6 Å². The number of rotatable bonds is 3. The first kappa shape index (κ1) is 20.8. The molecule has 0 spiro atoms. The van der Waals surface area contributed by atoms with E-state index in [-0.39, 0.29) is 23.0 Å². The highest BCUT2D eigenvalue weighted by Crippen LogP contribution is 2.30. The van der Waals surface area contributed by atoms with Crippen LogP contribution in [0.15, 0.2) is 51.8 Å². The molecular weight excluding hydrogens is 441 g/mol. The molecule has 1 amide bonds. The lowest BCUT2D eigenvalue weighted by atomic mass is 10.1. The fraction of sp³-hybridized carbons (Fsp3) is 0.238. The van der Waals surface area contributed by atoms with Gasteiger partial charge in [-0.25, -0.2) is 4.79 Å². The van der Waals surface area contributed by atoms with E-state index in [2.05, 4.69) is 29.5 Å². The molecule has 2 N–H and O–H groups in total. The zero-order valence-corrected chi connectivity index (χ0v) is 17.0. The molecule has 9 nitrogen and oxygen atoms in total. The van der Waals surface area contributed by atoms with Crippen molar-refractivity contribution < 1.29 is 22.5 Å². The molecule has 0 saturated carbocycles. The minimum atomic E-state index is -4.74. The number of alkyl halides is 3. The molecule has 0 unspecified atom stereocenters. The number of anilines is 1. The van der Waals surface area contributed by atoms with E-state index in [0.717, 1.165) is 5.69 Å². The van der Waals surface area contributed by atoms with Crippen molar-refractivity contribution in [2.45, 2.75) is 6.18 Å². The molecule has 1 aliphatic heterocycles. The Labute approximate surface area is 183 Å². The quantitative estimate of drug-likeness (QED) is 0.489. The van der Waals surface area contributed by atoms with Crippen molar-refractivity contribution in [1.82, 2.24) is 25.0 Å². The van der Waals surface area contributed by atoms with Crippen molar-refractivity contribution in [3.63, 3.8) is 0 Å². The summed E-state index contributed by atoms with van der Waals surface area (Å²) < 4.78 is 42.5. The molecule has 2 aromatic carbocycles. The van der Waals surface area contributed by atoms with E-state index in [0.29, 0.717) is 42.8 Å². The number of aromatic amines is 2. The Balaban J connectivity index is 1.31. The van der Waals surface area contributed by atoms with Gasteiger partial charge in [0.2, 0.25) is 5.82 Å². The molecule has 1 saturated heterocycles. The van der Waals surface area contributed by atoms with E-state index in [9.17, 15) is 22.8 Å². The number of nitrogens with zero attached hydrogens (tertiary/aromatic N) is 4. The first-order chi connectivity index (χ1) is 15.8. The summed E-state index contributed by atoms with van der Waals surface area (Å²) in [5, 5.41) is 3.37. The van der Waals surface area contributed by atoms with Gasteiger partial charge in [-0.3, -0.25) is 4.79 Å². The monoisotopic (exact) mass is 458 g/mol. The molecular formula is C21H17F3N6O3. The number of carbonyl (C=O) groups excluding carboxylic acids is 1. The third kappa shape index (κ3) is 3.95. The van der Waals surface area contributed by atoms with Gasteiger partial charge in [0, 0.05) is 37.3 Å². The van der Waals surface area contributed by atoms with Gasteiger partial charge in [0.25, 0.3) is 5.91 Å². The number of imidazole rings is 1. The topological polar surface area (TPSA) is 111 Å². The summed E-state index contributed by atoms with van der Waals surface area (Å²) in [5.74, 6) is -1.93. The lowest BCUT2D eigenvalue weighted by Crippen LogP contribution is -2.48. The van der Waals surface area contributed by atoms with Crippen LogP contribution >= 0.6 is 0 Å². The number of hydrogen-bond acceptors (Lipinski definition) is 6. The number of piperazine rings is 1. The second-order valence-corrected chi connectivity index (χ2v) is 7.56. The van der Waals surface area contributed by atoms with Crippen LogP contribution in [0, 0.1) is 0 Å². The largest absolute Gasteiger partial charge is 0.471 e. The Morgan fingerprint density at radius 2 is 1.79 bits per heavy atom. The zero-order chi connectivity index (χ0) is 23.2. The summed E-state index contributed by atoms with van der Waals surface area (Å²) >= 11 is 0. The molecule has 1 aliphatic rings. The van der Waals surface area contributed by atoms with Crippen LogP contribution in [0.1, 0.15) is 16.2 Å². The van der Waals surface area contributed by atoms with Gasteiger partial charge < -0.3 is 24.3 Å². The molecule has 0 aliphatic carbocycles. The molecule has 0 radical (unpaired) electrons. The van der Waals surface area contributed by atoms with Gasteiger partial charge in [0.1, 0.15) is 0 Å². The van der Waals surface area contributed by atoms with E-state index in [1.807, 2.05) is 18.2 Å². The van der Waals surface area contributed by atoms with Crippen molar-refractivity contribution in [3.8, 4) is 11.4 Å². The highest BCUT2D eigenvalue weighted by molar-refractivity contribution is 5.95. The van der Waals surface area contributed by atoms with Crippen molar-refractivity contribution in [2.75, 3.05) is 31.1 Å². The maximum Gasteiger partial charge on any atom is 0.471 e. The number of aromatic nitrogens is 4. The molecule has 170 valence electrons. The van der Waals surface area contributed by atoms with E-state index >= 15 is 0 Å². The molecule has 3 heterocycles. The zero-order valence-electron chi connectivity index (χ0n) is 17.0. The average Bonchev–Trinajstić information content (AvgIpc) is 3.45.